The molecule has 0 saturated heterocycles. The van der Waals surface area contributed by atoms with Gasteiger partial charge in [0.15, 0.2) is 6.20 Å². The highest BCUT2D eigenvalue weighted by atomic mass is 15.0. The van der Waals surface area contributed by atoms with E-state index in [0.717, 1.165) is 83.2 Å². The van der Waals surface area contributed by atoms with Crippen LogP contribution in [-0.4, -0.2) is 15.0 Å². The minimum atomic E-state index is -0.144. The Labute approximate surface area is 336 Å². The van der Waals surface area contributed by atoms with E-state index >= 15 is 0 Å². The number of nitrogens with zero attached hydrogens (tertiary/aromatic N) is 6. The summed E-state index contributed by atoms with van der Waals surface area (Å²) in [5, 5.41) is 30.9. The summed E-state index contributed by atoms with van der Waals surface area (Å²) in [5.74, 6) is 0. The molecule has 8 heteroatoms. The van der Waals surface area contributed by atoms with E-state index in [2.05, 4.69) is 124 Å². The molecule has 0 bridgehead atoms. The number of hydrogen-bond donors (Lipinski definition) is 2. The van der Waals surface area contributed by atoms with E-state index in [1.165, 1.54) is 0 Å². The molecule has 276 valence electrons. The van der Waals surface area contributed by atoms with Crippen molar-refractivity contribution in [3.05, 3.63) is 187 Å². The third kappa shape index (κ3) is 6.81. The lowest BCUT2D eigenvalue weighted by atomic mass is 9.99. The van der Waals surface area contributed by atoms with Crippen molar-refractivity contribution in [3.63, 3.8) is 0 Å². The molecule has 0 spiro atoms. The summed E-state index contributed by atoms with van der Waals surface area (Å²) < 4.78 is 2.08. The standard InChI is InChI=1S/C50H36N8/c1-32(34-9-4-3-5-10-34)57-50-42(27-52)31-58(48-21-17-37(25-45(48)50)40-23-38-11-6-7-13-46(38)54-29-40)43-18-14-35(15-19-43)33(2)56-49-41(26-51)30-55-47-20-16-36(24-44(47)49)39-12-8-22-53-28-39/h3-25,28-33H,1-2H3,(H,55,56)/p+1. The van der Waals surface area contributed by atoms with Crippen molar-refractivity contribution in [2.45, 2.75) is 25.9 Å². The molecule has 2 unspecified atom stereocenters. The second-order valence-corrected chi connectivity index (χ2v) is 14.4. The van der Waals surface area contributed by atoms with Crippen LogP contribution < -0.4 is 15.2 Å². The summed E-state index contributed by atoms with van der Waals surface area (Å²) in [6.07, 6.45) is 9.03. The molecule has 0 aliphatic rings. The van der Waals surface area contributed by atoms with Gasteiger partial charge in [-0.2, -0.15) is 15.1 Å². The Morgan fingerprint density at radius 2 is 1.22 bits per heavy atom. The van der Waals surface area contributed by atoms with Crippen LogP contribution in [0.2, 0.25) is 0 Å². The predicted octanol–water partition coefficient (Wildman–Crippen LogP) is 11.0. The molecule has 0 aliphatic heterocycles. The second-order valence-electron chi connectivity index (χ2n) is 14.4. The van der Waals surface area contributed by atoms with Gasteiger partial charge in [0.25, 0.3) is 0 Å². The van der Waals surface area contributed by atoms with Gasteiger partial charge in [-0.05, 0) is 78.6 Å². The van der Waals surface area contributed by atoms with Gasteiger partial charge in [-0.25, -0.2) is 0 Å². The molecule has 9 rings (SSSR count). The minimum absolute atomic E-state index is 0.0485. The van der Waals surface area contributed by atoms with Crippen molar-refractivity contribution in [1.82, 2.24) is 15.0 Å². The third-order valence-corrected chi connectivity index (χ3v) is 10.8. The number of fused-ring (bicyclic) bond motifs is 3. The predicted molar refractivity (Wildman–Crippen MR) is 231 cm³/mol. The minimum Gasteiger partial charge on any atom is -0.377 e. The molecule has 4 aromatic heterocycles. The van der Waals surface area contributed by atoms with Crippen molar-refractivity contribution in [2.24, 2.45) is 0 Å². The van der Waals surface area contributed by atoms with Gasteiger partial charge in [-0.15, -0.1) is 0 Å². The van der Waals surface area contributed by atoms with Crippen LogP contribution in [0.25, 0.3) is 60.6 Å². The zero-order valence-corrected chi connectivity index (χ0v) is 31.9. The summed E-state index contributed by atoms with van der Waals surface area (Å²) >= 11 is 0. The summed E-state index contributed by atoms with van der Waals surface area (Å²) in [7, 11) is 0. The molecule has 0 amide bonds. The molecule has 58 heavy (non-hydrogen) atoms. The Bertz CT molecular complexity index is 3060. The number of nitriles is 2. The normalized spacial score (nSPS) is 12.1. The number of rotatable bonds is 9. The first-order valence-corrected chi connectivity index (χ1v) is 19.2. The van der Waals surface area contributed by atoms with E-state index in [-0.39, 0.29) is 12.1 Å². The molecule has 0 saturated carbocycles. The topological polar surface area (TPSA) is 114 Å². The number of pyridine rings is 4. The summed E-state index contributed by atoms with van der Waals surface area (Å²) in [4.78, 5) is 13.6. The fraction of sp³-hybridized carbons (Fsp3) is 0.0800. The van der Waals surface area contributed by atoms with Crippen molar-refractivity contribution >= 4 is 44.1 Å². The molecule has 2 atom stereocenters. The molecule has 4 heterocycles. The number of aromatic nitrogens is 4. The van der Waals surface area contributed by atoms with Gasteiger partial charge < -0.3 is 10.6 Å². The highest BCUT2D eigenvalue weighted by molar-refractivity contribution is 5.98. The molecule has 8 nitrogen and oxygen atoms in total. The second kappa shape index (κ2) is 15.3. The third-order valence-electron chi connectivity index (χ3n) is 10.8. The van der Waals surface area contributed by atoms with E-state index < -0.39 is 0 Å². The van der Waals surface area contributed by atoms with Crippen molar-refractivity contribution < 1.29 is 4.57 Å². The van der Waals surface area contributed by atoms with Crippen LogP contribution in [0.3, 0.4) is 0 Å². The smallest absolute Gasteiger partial charge is 0.220 e. The highest BCUT2D eigenvalue weighted by Crippen LogP contribution is 2.35. The maximum Gasteiger partial charge on any atom is 0.220 e. The van der Waals surface area contributed by atoms with E-state index in [9.17, 15) is 10.5 Å². The average molecular weight is 750 g/mol. The zero-order valence-electron chi connectivity index (χ0n) is 31.9. The molecule has 0 aliphatic carbocycles. The van der Waals surface area contributed by atoms with Gasteiger partial charge in [0, 0.05) is 77.0 Å². The first-order valence-electron chi connectivity index (χ1n) is 19.2. The molecular weight excluding hydrogens is 713 g/mol. The number of benzene rings is 5. The van der Waals surface area contributed by atoms with Crippen LogP contribution in [0.1, 0.15) is 48.2 Å². The van der Waals surface area contributed by atoms with Crippen LogP contribution in [-0.2, 0) is 0 Å². The Hall–Kier alpha value is -7.94. The number of hydrogen-bond acceptors (Lipinski definition) is 7. The average Bonchev–Trinajstić information content (AvgIpc) is 3.29. The fourth-order valence-corrected chi connectivity index (χ4v) is 7.63. The number of para-hydroxylation sites is 1. The Balaban J connectivity index is 1.10. The lowest BCUT2D eigenvalue weighted by Gasteiger charge is -2.19. The molecule has 0 radical (unpaired) electrons. The van der Waals surface area contributed by atoms with Crippen LogP contribution >= 0.6 is 0 Å². The molecule has 9 aromatic rings. The maximum absolute atomic E-state index is 10.6. The number of anilines is 2. The van der Waals surface area contributed by atoms with E-state index in [1.54, 1.807) is 12.4 Å². The maximum atomic E-state index is 10.6. The fourth-order valence-electron chi connectivity index (χ4n) is 7.63. The van der Waals surface area contributed by atoms with E-state index in [4.69, 9.17) is 4.98 Å². The van der Waals surface area contributed by atoms with Crippen molar-refractivity contribution in [2.75, 3.05) is 10.6 Å². The van der Waals surface area contributed by atoms with Crippen LogP contribution in [0.4, 0.5) is 11.4 Å². The van der Waals surface area contributed by atoms with E-state index in [0.29, 0.717) is 11.1 Å². The van der Waals surface area contributed by atoms with Gasteiger partial charge in [-0.1, -0.05) is 72.8 Å². The van der Waals surface area contributed by atoms with Gasteiger partial charge in [0.2, 0.25) is 11.2 Å². The summed E-state index contributed by atoms with van der Waals surface area (Å²) in [6, 6.07) is 49.9. The summed E-state index contributed by atoms with van der Waals surface area (Å²) in [6.45, 7) is 4.20. The molecule has 0 fully saturated rings. The molecular formula is C50H37N8+. The van der Waals surface area contributed by atoms with Gasteiger partial charge >= 0.3 is 0 Å². The quantitative estimate of drug-likeness (QED) is 0.141. The Morgan fingerprint density at radius 1 is 0.552 bits per heavy atom. The van der Waals surface area contributed by atoms with Gasteiger partial charge in [0.1, 0.15) is 17.7 Å². The van der Waals surface area contributed by atoms with Gasteiger partial charge in [0.05, 0.1) is 33.4 Å². The first-order chi connectivity index (χ1) is 28.5. The Kier molecular flexibility index (Phi) is 9.43. The van der Waals surface area contributed by atoms with Crippen LogP contribution in [0.15, 0.2) is 164 Å². The van der Waals surface area contributed by atoms with Crippen LogP contribution in [0, 0.1) is 22.7 Å². The monoisotopic (exact) mass is 749 g/mol. The lowest BCUT2D eigenvalue weighted by Crippen LogP contribution is -2.32. The van der Waals surface area contributed by atoms with Crippen molar-refractivity contribution in [3.8, 4) is 40.1 Å². The number of nitrogens with one attached hydrogen (secondary N) is 2. The summed E-state index contributed by atoms with van der Waals surface area (Å²) in [5.41, 5.74) is 12.3. The first kappa shape index (κ1) is 35.7. The van der Waals surface area contributed by atoms with Crippen LogP contribution in [0.5, 0.6) is 0 Å². The SMILES string of the molecule is CC(Nc1c(C#N)cnc2ccc(-c3cccnc3)cc12)c1ccc(-[n+]2cc(C#N)c(NC(C)c3ccccc3)c3cc(-c4cnc5ccccc5c4)ccc32)cc1. The molecule has 5 aromatic carbocycles. The van der Waals surface area contributed by atoms with Crippen molar-refractivity contribution in [1.29, 1.82) is 10.5 Å². The van der Waals surface area contributed by atoms with E-state index in [1.807, 2.05) is 79.3 Å². The zero-order chi connectivity index (χ0) is 39.6. The molecule has 2 N–H and O–H groups in total. The van der Waals surface area contributed by atoms with Gasteiger partial charge in [-0.3, -0.25) is 15.0 Å². The highest BCUT2D eigenvalue weighted by Gasteiger charge is 2.23. The lowest BCUT2D eigenvalue weighted by molar-refractivity contribution is -0.567. The Morgan fingerprint density at radius 3 is 1.98 bits per heavy atom. The largest absolute Gasteiger partial charge is 0.377 e.